The monoisotopic (exact) mass is 175 g/mol. The van der Waals surface area contributed by atoms with Gasteiger partial charge in [0.05, 0.1) is 6.57 Å². The van der Waals surface area contributed by atoms with Crippen molar-refractivity contribution < 1.29 is 4.79 Å². The molecule has 1 amide bonds. The number of nitrogens with two attached hydrogens (primary N) is 1. The topological polar surface area (TPSA) is 59.5 Å². The summed E-state index contributed by atoms with van der Waals surface area (Å²) in [6.45, 7) is 6.77. The lowest BCUT2D eigenvalue weighted by atomic mass is 10.1. The fourth-order valence-electron chi connectivity index (χ4n) is 0.975. The lowest BCUT2D eigenvalue weighted by Crippen LogP contribution is -2.17. The first-order chi connectivity index (χ1) is 6.17. The molecule has 0 unspecified atom stereocenters. The minimum atomic E-state index is -0.239. The van der Waals surface area contributed by atoms with Crippen molar-refractivity contribution in [2.24, 2.45) is 0 Å². The number of carbonyl (C=O) groups is 1. The summed E-state index contributed by atoms with van der Waals surface area (Å²) in [6, 6.07) is 4.56. The van der Waals surface area contributed by atoms with Crippen LogP contribution in [0.2, 0.25) is 0 Å². The molecule has 1 rings (SSSR count). The number of anilines is 1. The maximum absolute atomic E-state index is 11.2. The van der Waals surface area contributed by atoms with Gasteiger partial charge in [-0.25, -0.2) is 4.85 Å². The van der Waals surface area contributed by atoms with E-state index in [1.807, 2.05) is 0 Å². The summed E-state index contributed by atoms with van der Waals surface area (Å²) in [7, 11) is 1.53. The van der Waals surface area contributed by atoms with Crippen LogP contribution < -0.4 is 11.1 Å². The summed E-state index contributed by atoms with van der Waals surface area (Å²) < 4.78 is 0. The number of benzene rings is 1. The SMILES string of the molecule is [C-]#[N+]c1cc(N)cc(C(=O)NC)c1. The molecule has 0 saturated carbocycles. The van der Waals surface area contributed by atoms with Crippen molar-refractivity contribution in [3.8, 4) is 0 Å². The third-order valence-electron chi connectivity index (χ3n) is 1.56. The predicted octanol–water partition coefficient (Wildman–Crippen LogP) is 1.18. The molecule has 0 spiro atoms. The molecule has 66 valence electrons. The van der Waals surface area contributed by atoms with Gasteiger partial charge in [0.2, 0.25) is 5.91 Å². The van der Waals surface area contributed by atoms with E-state index in [1.165, 1.54) is 25.2 Å². The minimum absolute atomic E-state index is 0.239. The highest BCUT2D eigenvalue weighted by Crippen LogP contribution is 2.18. The van der Waals surface area contributed by atoms with Crippen molar-refractivity contribution in [2.75, 3.05) is 12.8 Å². The molecule has 0 aromatic heterocycles. The van der Waals surface area contributed by atoms with E-state index in [1.54, 1.807) is 0 Å². The van der Waals surface area contributed by atoms with Crippen LogP contribution in [0.15, 0.2) is 18.2 Å². The number of hydrogen-bond acceptors (Lipinski definition) is 2. The highest BCUT2D eigenvalue weighted by Gasteiger charge is 2.04. The zero-order valence-electron chi connectivity index (χ0n) is 7.16. The lowest BCUT2D eigenvalue weighted by Gasteiger charge is -2.01. The fraction of sp³-hybridized carbons (Fsp3) is 0.111. The summed E-state index contributed by atoms with van der Waals surface area (Å²) >= 11 is 0. The van der Waals surface area contributed by atoms with Gasteiger partial charge in [-0.15, -0.1) is 0 Å². The number of nitrogens with zero attached hydrogens (tertiary/aromatic N) is 1. The lowest BCUT2D eigenvalue weighted by molar-refractivity contribution is 0.0963. The minimum Gasteiger partial charge on any atom is -0.400 e. The third-order valence-corrected chi connectivity index (χ3v) is 1.56. The summed E-state index contributed by atoms with van der Waals surface area (Å²) in [6.07, 6.45) is 0. The van der Waals surface area contributed by atoms with Crippen molar-refractivity contribution >= 4 is 17.3 Å². The molecule has 1 aromatic carbocycles. The largest absolute Gasteiger partial charge is 0.400 e. The number of amides is 1. The van der Waals surface area contributed by atoms with Crippen LogP contribution in [-0.4, -0.2) is 13.0 Å². The molecule has 4 heteroatoms. The van der Waals surface area contributed by atoms with Gasteiger partial charge in [-0.05, 0) is 18.2 Å². The second kappa shape index (κ2) is 3.59. The average molecular weight is 175 g/mol. The number of hydrogen-bond donors (Lipinski definition) is 2. The van der Waals surface area contributed by atoms with Gasteiger partial charge < -0.3 is 11.1 Å². The summed E-state index contributed by atoms with van der Waals surface area (Å²) in [4.78, 5) is 14.4. The van der Waals surface area contributed by atoms with Crippen LogP contribution >= 0.6 is 0 Å². The molecule has 0 heterocycles. The van der Waals surface area contributed by atoms with Gasteiger partial charge in [0.25, 0.3) is 0 Å². The Kier molecular flexibility index (Phi) is 2.50. The van der Waals surface area contributed by atoms with Gasteiger partial charge in [-0.3, -0.25) is 4.79 Å². The summed E-state index contributed by atoms with van der Waals surface area (Å²) in [5, 5.41) is 2.46. The van der Waals surface area contributed by atoms with Crippen LogP contribution in [0.25, 0.3) is 4.85 Å². The van der Waals surface area contributed by atoms with Crippen molar-refractivity contribution in [3.63, 3.8) is 0 Å². The smallest absolute Gasteiger partial charge is 0.249 e. The van der Waals surface area contributed by atoms with E-state index in [0.717, 1.165) is 0 Å². The van der Waals surface area contributed by atoms with Crippen molar-refractivity contribution in [2.45, 2.75) is 0 Å². The Morgan fingerprint density at radius 3 is 2.77 bits per heavy atom. The quantitative estimate of drug-likeness (QED) is 0.497. The number of nitrogens with one attached hydrogen (secondary N) is 1. The Labute approximate surface area is 76.2 Å². The Morgan fingerprint density at radius 1 is 1.54 bits per heavy atom. The Morgan fingerprint density at radius 2 is 2.23 bits per heavy atom. The molecule has 1 aromatic rings. The highest BCUT2D eigenvalue weighted by molar-refractivity contribution is 5.96. The van der Waals surface area contributed by atoms with E-state index in [9.17, 15) is 4.79 Å². The van der Waals surface area contributed by atoms with Gasteiger partial charge in [-0.1, -0.05) is 0 Å². The van der Waals surface area contributed by atoms with Crippen molar-refractivity contribution in [3.05, 3.63) is 35.2 Å². The molecular formula is C9H9N3O. The molecule has 0 aliphatic carbocycles. The molecule has 0 fully saturated rings. The van der Waals surface area contributed by atoms with Gasteiger partial charge in [0.1, 0.15) is 0 Å². The van der Waals surface area contributed by atoms with Crippen LogP contribution in [0, 0.1) is 6.57 Å². The fourth-order valence-corrected chi connectivity index (χ4v) is 0.975. The van der Waals surface area contributed by atoms with Crippen LogP contribution in [-0.2, 0) is 0 Å². The molecule has 0 aliphatic rings. The highest BCUT2D eigenvalue weighted by atomic mass is 16.1. The molecule has 0 radical (unpaired) electrons. The van der Waals surface area contributed by atoms with Crippen molar-refractivity contribution in [1.82, 2.24) is 5.32 Å². The van der Waals surface area contributed by atoms with Gasteiger partial charge in [-0.2, -0.15) is 0 Å². The number of rotatable bonds is 1. The first kappa shape index (κ1) is 9.07. The Hall–Kier alpha value is -2.02. The van der Waals surface area contributed by atoms with Crippen LogP contribution in [0.5, 0.6) is 0 Å². The summed E-state index contributed by atoms with van der Waals surface area (Å²) in [5.41, 5.74) is 6.71. The Bertz CT molecular complexity index is 379. The average Bonchev–Trinajstić information content (AvgIpc) is 2.15. The van der Waals surface area contributed by atoms with Crippen LogP contribution in [0.4, 0.5) is 11.4 Å². The normalized spacial score (nSPS) is 8.92. The zero-order chi connectivity index (χ0) is 9.84. The molecule has 13 heavy (non-hydrogen) atoms. The predicted molar refractivity (Wildman–Crippen MR) is 50.5 cm³/mol. The maximum Gasteiger partial charge on any atom is 0.249 e. The molecule has 0 atom stereocenters. The van der Waals surface area contributed by atoms with E-state index in [-0.39, 0.29) is 5.91 Å². The van der Waals surface area contributed by atoms with Gasteiger partial charge in [0, 0.05) is 18.3 Å². The van der Waals surface area contributed by atoms with E-state index >= 15 is 0 Å². The van der Waals surface area contributed by atoms with E-state index < -0.39 is 0 Å². The molecule has 4 nitrogen and oxygen atoms in total. The van der Waals surface area contributed by atoms with Gasteiger partial charge >= 0.3 is 0 Å². The number of carbonyl (C=O) groups excluding carboxylic acids is 1. The first-order valence-corrected chi connectivity index (χ1v) is 3.67. The standard InChI is InChI=1S/C9H9N3O/c1-11-8-4-6(9(13)12-2)3-7(10)5-8/h3-5H,10H2,2H3,(H,12,13). The first-order valence-electron chi connectivity index (χ1n) is 3.67. The van der Waals surface area contributed by atoms with E-state index in [4.69, 9.17) is 12.3 Å². The number of nitrogen functional groups attached to an aromatic ring is 1. The van der Waals surface area contributed by atoms with Crippen LogP contribution in [0.1, 0.15) is 10.4 Å². The van der Waals surface area contributed by atoms with Crippen LogP contribution in [0.3, 0.4) is 0 Å². The maximum atomic E-state index is 11.2. The summed E-state index contributed by atoms with van der Waals surface area (Å²) in [5.74, 6) is -0.239. The zero-order valence-corrected chi connectivity index (χ0v) is 7.16. The molecule has 0 bridgehead atoms. The Balaban J connectivity index is 3.17. The van der Waals surface area contributed by atoms with E-state index in [2.05, 4.69) is 10.2 Å². The molecular weight excluding hydrogens is 166 g/mol. The third kappa shape index (κ3) is 1.97. The molecule has 3 N–H and O–H groups in total. The molecule has 0 aliphatic heterocycles. The van der Waals surface area contributed by atoms with E-state index in [0.29, 0.717) is 16.9 Å². The molecule has 0 saturated heterocycles. The second-order valence-corrected chi connectivity index (χ2v) is 2.50. The van der Waals surface area contributed by atoms with Gasteiger partial charge in [0.15, 0.2) is 5.69 Å². The van der Waals surface area contributed by atoms with Crippen molar-refractivity contribution in [1.29, 1.82) is 0 Å². The second-order valence-electron chi connectivity index (χ2n) is 2.50.